The second-order valence-electron chi connectivity index (χ2n) is 3.88. The molecule has 0 aliphatic carbocycles. The molecule has 1 unspecified atom stereocenters. The SMILES string of the molecule is CCC#CC(C)N1C(=O)c2ccccc2C1=O. The molecule has 1 heterocycles. The van der Waals surface area contributed by atoms with Crippen molar-refractivity contribution in [3.05, 3.63) is 35.4 Å². The van der Waals surface area contributed by atoms with Gasteiger partial charge in [-0.1, -0.05) is 25.0 Å². The number of nitrogens with zero attached hydrogens (tertiary/aromatic N) is 1. The molecule has 86 valence electrons. The molecular weight excluding hydrogens is 214 g/mol. The normalized spacial score (nSPS) is 15.3. The van der Waals surface area contributed by atoms with Crippen LogP contribution in [-0.2, 0) is 0 Å². The highest BCUT2D eigenvalue weighted by molar-refractivity contribution is 6.21. The van der Waals surface area contributed by atoms with Crippen molar-refractivity contribution in [3.63, 3.8) is 0 Å². The highest BCUT2D eigenvalue weighted by Gasteiger charge is 2.37. The average molecular weight is 227 g/mol. The summed E-state index contributed by atoms with van der Waals surface area (Å²) in [4.78, 5) is 25.3. The fourth-order valence-corrected chi connectivity index (χ4v) is 1.87. The number of benzene rings is 1. The van der Waals surface area contributed by atoms with Crippen molar-refractivity contribution in [1.29, 1.82) is 0 Å². The van der Waals surface area contributed by atoms with Crippen LogP contribution in [0.1, 0.15) is 41.0 Å². The minimum atomic E-state index is -0.373. The third kappa shape index (κ3) is 1.83. The Kier molecular flexibility index (Phi) is 2.97. The zero-order valence-corrected chi connectivity index (χ0v) is 9.86. The van der Waals surface area contributed by atoms with Gasteiger partial charge in [0.05, 0.1) is 17.2 Å². The molecule has 0 bridgehead atoms. The van der Waals surface area contributed by atoms with Gasteiger partial charge in [0.25, 0.3) is 11.8 Å². The number of rotatable bonds is 1. The molecule has 17 heavy (non-hydrogen) atoms. The molecule has 1 atom stereocenters. The lowest BCUT2D eigenvalue weighted by molar-refractivity contribution is 0.0630. The lowest BCUT2D eigenvalue weighted by atomic mass is 10.1. The first-order valence-electron chi connectivity index (χ1n) is 5.62. The molecule has 2 rings (SSSR count). The van der Waals surface area contributed by atoms with Crippen LogP contribution in [0.4, 0.5) is 0 Å². The molecule has 1 aromatic carbocycles. The van der Waals surface area contributed by atoms with E-state index in [9.17, 15) is 9.59 Å². The standard InChI is InChI=1S/C14H13NO2/c1-3-4-7-10(2)15-13(16)11-8-5-6-9-12(11)14(15)17/h5-6,8-10H,3H2,1-2H3. The van der Waals surface area contributed by atoms with Gasteiger partial charge in [-0.2, -0.15) is 0 Å². The summed E-state index contributed by atoms with van der Waals surface area (Å²) in [6.45, 7) is 3.70. The van der Waals surface area contributed by atoms with E-state index in [0.29, 0.717) is 17.5 Å². The summed E-state index contributed by atoms with van der Waals surface area (Å²) in [7, 11) is 0. The second kappa shape index (κ2) is 4.42. The molecule has 1 aliphatic heterocycles. The lowest BCUT2D eigenvalue weighted by Crippen LogP contribution is -2.37. The first-order valence-corrected chi connectivity index (χ1v) is 5.62. The van der Waals surface area contributed by atoms with Gasteiger partial charge in [0.15, 0.2) is 0 Å². The molecule has 0 fully saturated rings. The van der Waals surface area contributed by atoms with E-state index in [0.717, 1.165) is 0 Å². The number of imide groups is 1. The van der Waals surface area contributed by atoms with Crippen molar-refractivity contribution in [2.24, 2.45) is 0 Å². The van der Waals surface area contributed by atoms with E-state index < -0.39 is 0 Å². The van der Waals surface area contributed by atoms with Crippen molar-refractivity contribution in [2.45, 2.75) is 26.3 Å². The predicted octanol–water partition coefficient (Wildman–Crippen LogP) is 2.08. The van der Waals surface area contributed by atoms with E-state index in [4.69, 9.17) is 0 Å². The fourth-order valence-electron chi connectivity index (χ4n) is 1.87. The maximum absolute atomic E-state index is 12.0. The van der Waals surface area contributed by atoms with E-state index in [1.54, 1.807) is 31.2 Å². The first kappa shape index (κ1) is 11.4. The summed E-state index contributed by atoms with van der Waals surface area (Å²) >= 11 is 0. The number of hydrogen-bond acceptors (Lipinski definition) is 2. The van der Waals surface area contributed by atoms with Gasteiger partial charge < -0.3 is 0 Å². The molecule has 2 amide bonds. The zero-order chi connectivity index (χ0) is 12.4. The number of carbonyl (C=O) groups is 2. The van der Waals surface area contributed by atoms with E-state index in [1.807, 2.05) is 6.92 Å². The number of carbonyl (C=O) groups excluding carboxylic acids is 2. The van der Waals surface area contributed by atoms with Crippen LogP contribution in [0.3, 0.4) is 0 Å². The van der Waals surface area contributed by atoms with Crippen molar-refractivity contribution < 1.29 is 9.59 Å². The fraction of sp³-hybridized carbons (Fsp3) is 0.286. The summed E-state index contributed by atoms with van der Waals surface area (Å²) < 4.78 is 0. The van der Waals surface area contributed by atoms with Crippen LogP contribution >= 0.6 is 0 Å². The predicted molar refractivity (Wildman–Crippen MR) is 64.5 cm³/mol. The van der Waals surface area contributed by atoms with Gasteiger partial charge in [0.1, 0.15) is 0 Å². The number of amides is 2. The monoisotopic (exact) mass is 227 g/mol. The molecule has 3 nitrogen and oxygen atoms in total. The summed E-state index contributed by atoms with van der Waals surface area (Å²) in [5.74, 6) is 5.31. The second-order valence-corrected chi connectivity index (χ2v) is 3.88. The van der Waals surface area contributed by atoms with Crippen LogP contribution in [0, 0.1) is 11.8 Å². The Labute approximate surface area is 100 Å². The van der Waals surface area contributed by atoms with Crippen molar-refractivity contribution in [3.8, 4) is 11.8 Å². The quantitative estimate of drug-likeness (QED) is 0.544. The van der Waals surface area contributed by atoms with Crippen LogP contribution in [0.2, 0.25) is 0 Å². The van der Waals surface area contributed by atoms with Crippen molar-refractivity contribution in [2.75, 3.05) is 0 Å². The molecule has 0 radical (unpaired) electrons. The summed E-state index contributed by atoms with van der Waals surface area (Å²) in [5, 5.41) is 0. The smallest absolute Gasteiger partial charge is 0.262 e. The maximum Gasteiger partial charge on any atom is 0.262 e. The third-order valence-corrected chi connectivity index (χ3v) is 2.70. The van der Waals surface area contributed by atoms with Gasteiger partial charge in [-0.25, -0.2) is 0 Å². The lowest BCUT2D eigenvalue weighted by Gasteiger charge is -2.17. The van der Waals surface area contributed by atoms with Crippen LogP contribution in [0.5, 0.6) is 0 Å². The van der Waals surface area contributed by atoms with Gasteiger partial charge in [-0.15, -0.1) is 5.92 Å². The Morgan fingerprint density at radius 1 is 1.18 bits per heavy atom. The first-order chi connectivity index (χ1) is 8.16. The van der Waals surface area contributed by atoms with Gasteiger partial charge in [0, 0.05) is 6.42 Å². The zero-order valence-electron chi connectivity index (χ0n) is 9.86. The molecule has 0 aromatic heterocycles. The Hall–Kier alpha value is -2.08. The average Bonchev–Trinajstić information content (AvgIpc) is 2.60. The van der Waals surface area contributed by atoms with E-state index in [2.05, 4.69) is 11.8 Å². The number of hydrogen-bond donors (Lipinski definition) is 0. The number of fused-ring (bicyclic) bond motifs is 1. The largest absolute Gasteiger partial charge is 0.269 e. The van der Waals surface area contributed by atoms with Crippen molar-refractivity contribution >= 4 is 11.8 Å². The molecule has 0 spiro atoms. The molecule has 3 heteroatoms. The summed E-state index contributed by atoms with van der Waals surface area (Å²) in [6, 6.07) is 6.50. The minimum absolute atomic E-state index is 0.247. The Balaban J connectivity index is 2.36. The van der Waals surface area contributed by atoms with Gasteiger partial charge >= 0.3 is 0 Å². The topological polar surface area (TPSA) is 37.4 Å². The highest BCUT2D eigenvalue weighted by Crippen LogP contribution is 2.23. The Morgan fingerprint density at radius 2 is 1.71 bits per heavy atom. The minimum Gasteiger partial charge on any atom is -0.269 e. The van der Waals surface area contributed by atoms with E-state index in [1.165, 1.54) is 4.90 Å². The summed E-state index contributed by atoms with van der Waals surface area (Å²) in [6.07, 6.45) is 0.716. The molecule has 1 aromatic rings. The van der Waals surface area contributed by atoms with Gasteiger partial charge in [-0.3, -0.25) is 14.5 Å². The molecule has 0 N–H and O–H groups in total. The molecule has 0 saturated heterocycles. The Morgan fingerprint density at radius 3 is 2.18 bits per heavy atom. The molecule has 0 saturated carbocycles. The van der Waals surface area contributed by atoms with Crippen LogP contribution in [0.25, 0.3) is 0 Å². The maximum atomic E-state index is 12.0. The highest BCUT2D eigenvalue weighted by atomic mass is 16.2. The van der Waals surface area contributed by atoms with Gasteiger partial charge in [0.2, 0.25) is 0 Å². The van der Waals surface area contributed by atoms with Crippen molar-refractivity contribution in [1.82, 2.24) is 4.90 Å². The van der Waals surface area contributed by atoms with E-state index in [-0.39, 0.29) is 17.9 Å². The van der Waals surface area contributed by atoms with Crippen LogP contribution < -0.4 is 0 Å². The summed E-state index contributed by atoms with van der Waals surface area (Å²) in [5.41, 5.74) is 0.949. The Bertz CT molecular complexity index is 502. The third-order valence-electron chi connectivity index (χ3n) is 2.70. The molecular formula is C14H13NO2. The van der Waals surface area contributed by atoms with E-state index >= 15 is 0 Å². The molecule has 1 aliphatic rings. The van der Waals surface area contributed by atoms with Gasteiger partial charge in [-0.05, 0) is 19.1 Å². The van der Waals surface area contributed by atoms with Crippen LogP contribution in [0.15, 0.2) is 24.3 Å². The van der Waals surface area contributed by atoms with Crippen LogP contribution in [-0.4, -0.2) is 22.8 Å².